The van der Waals surface area contributed by atoms with Gasteiger partial charge in [0.1, 0.15) is 17.2 Å². The van der Waals surface area contributed by atoms with Gasteiger partial charge in [-0.1, -0.05) is 44.5 Å². The van der Waals surface area contributed by atoms with E-state index in [0.717, 1.165) is 27.5 Å². The van der Waals surface area contributed by atoms with Gasteiger partial charge in [0.25, 0.3) is 0 Å². The third kappa shape index (κ3) is 5.31. The number of hydrogen-bond acceptors (Lipinski definition) is 5. The minimum absolute atomic E-state index is 0.0529. The average molecular weight is 510 g/mol. The lowest BCUT2D eigenvalue weighted by Gasteiger charge is -2.17. The Kier molecular flexibility index (Phi) is 6.96. The van der Waals surface area contributed by atoms with Crippen molar-refractivity contribution in [1.29, 1.82) is 0 Å². The van der Waals surface area contributed by atoms with Gasteiger partial charge in [-0.2, -0.15) is 0 Å². The molecule has 7 nitrogen and oxygen atoms in total. The Morgan fingerprint density at radius 1 is 1.08 bits per heavy atom. The zero-order valence-electron chi connectivity index (χ0n) is 20.6. The normalized spacial score (nSPS) is 12.7. The van der Waals surface area contributed by atoms with Gasteiger partial charge in [-0.15, -0.1) is 0 Å². The van der Waals surface area contributed by atoms with Gasteiger partial charge in [0.05, 0.1) is 6.26 Å². The predicted molar refractivity (Wildman–Crippen MR) is 139 cm³/mol. The fourth-order valence-corrected chi connectivity index (χ4v) is 4.47. The summed E-state index contributed by atoms with van der Waals surface area (Å²) in [5.74, 6) is -1.60. The molecule has 0 spiro atoms. The molecule has 1 amide bonds. The van der Waals surface area contributed by atoms with Crippen LogP contribution in [0, 0.1) is 6.92 Å². The fraction of sp³-hybridized carbons (Fsp3) is 0.321. The number of carbonyl (C=O) groups excluding carboxylic acids is 1. The van der Waals surface area contributed by atoms with E-state index in [2.05, 4.69) is 26.1 Å². The zero-order chi connectivity index (χ0) is 26.2. The summed E-state index contributed by atoms with van der Waals surface area (Å²) in [6.45, 7) is 8.12. The van der Waals surface area contributed by atoms with E-state index in [9.17, 15) is 19.5 Å². The SMILES string of the molecule is Cc1c(CCC(=O)NC(Cc2ccc(Cl)cc2)C(=O)O)c(=O)oc2cc3occ(C(C)(C)C)c3cc12. The van der Waals surface area contributed by atoms with Crippen LogP contribution in [0.25, 0.3) is 21.9 Å². The second-order valence-electron chi connectivity index (χ2n) is 10.0. The number of carboxylic acids is 1. The first kappa shape index (κ1) is 25.5. The van der Waals surface area contributed by atoms with Crippen molar-refractivity contribution in [3.05, 3.63) is 80.4 Å². The second kappa shape index (κ2) is 9.82. The van der Waals surface area contributed by atoms with Crippen LogP contribution >= 0.6 is 11.6 Å². The van der Waals surface area contributed by atoms with Gasteiger partial charge in [0, 0.05) is 45.8 Å². The van der Waals surface area contributed by atoms with Crippen LogP contribution in [0.3, 0.4) is 0 Å². The third-order valence-electron chi connectivity index (χ3n) is 6.38. The molecular formula is C28H28ClNO6. The number of halogens is 1. The zero-order valence-corrected chi connectivity index (χ0v) is 21.4. The number of hydrogen-bond donors (Lipinski definition) is 2. The van der Waals surface area contributed by atoms with E-state index in [-0.39, 0.29) is 24.7 Å². The fourth-order valence-electron chi connectivity index (χ4n) is 4.34. The summed E-state index contributed by atoms with van der Waals surface area (Å²) in [4.78, 5) is 37.1. The monoisotopic (exact) mass is 509 g/mol. The molecule has 0 fully saturated rings. The first-order valence-electron chi connectivity index (χ1n) is 11.7. The number of furan rings is 1. The van der Waals surface area contributed by atoms with E-state index in [4.69, 9.17) is 20.4 Å². The first-order chi connectivity index (χ1) is 16.9. The first-order valence-corrected chi connectivity index (χ1v) is 12.1. The molecular weight excluding hydrogens is 482 g/mol. The lowest BCUT2D eigenvalue weighted by Crippen LogP contribution is -2.42. The molecule has 8 heteroatoms. The Labute approximate surface area is 213 Å². The second-order valence-corrected chi connectivity index (χ2v) is 10.5. The molecule has 0 aliphatic carbocycles. The maximum Gasteiger partial charge on any atom is 0.339 e. The van der Waals surface area contributed by atoms with E-state index in [1.165, 1.54) is 0 Å². The molecule has 0 aliphatic heterocycles. The summed E-state index contributed by atoms with van der Waals surface area (Å²) < 4.78 is 11.3. The van der Waals surface area contributed by atoms with E-state index in [0.29, 0.717) is 21.8 Å². The van der Waals surface area contributed by atoms with E-state index in [1.807, 2.05) is 13.0 Å². The molecule has 0 aliphatic rings. The minimum atomic E-state index is -1.14. The molecule has 4 aromatic rings. The van der Waals surface area contributed by atoms with Crippen LogP contribution in [0.15, 0.2) is 56.3 Å². The van der Waals surface area contributed by atoms with Crippen LogP contribution in [0.4, 0.5) is 0 Å². The van der Waals surface area contributed by atoms with Crippen molar-refractivity contribution < 1.29 is 23.5 Å². The summed E-state index contributed by atoms with van der Waals surface area (Å²) in [5, 5.41) is 14.4. The number of aryl methyl sites for hydroxylation is 1. The van der Waals surface area contributed by atoms with Crippen LogP contribution in [0.1, 0.15) is 49.4 Å². The van der Waals surface area contributed by atoms with E-state index in [1.54, 1.807) is 36.6 Å². The Bertz CT molecular complexity index is 1510. The highest BCUT2D eigenvalue weighted by atomic mass is 35.5. The molecule has 2 aromatic carbocycles. The Balaban J connectivity index is 1.55. The van der Waals surface area contributed by atoms with Crippen molar-refractivity contribution in [2.45, 2.75) is 58.4 Å². The topological polar surface area (TPSA) is 110 Å². The molecule has 0 saturated carbocycles. The predicted octanol–water partition coefficient (Wildman–Crippen LogP) is 5.54. The van der Waals surface area contributed by atoms with Gasteiger partial charge < -0.3 is 19.3 Å². The van der Waals surface area contributed by atoms with Gasteiger partial charge in [0.15, 0.2) is 0 Å². The van der Waals surface area contributed by atoms with Gasteiger partial charge in [-0.05, 0) is 48.1 Å². The highest BCUT2D eigenvalue weighted by molar-refractivity contribution is 6.30. The van der Waals surface area contributed by atoms with Crippen molar-refractivity contribution in [2.24, 2.45) is 0 Å². The summed E-state index contributed by atoms with van der Waals surface area (Å²) in [6, 6.07) is 9.36. The van der Waals surface area contributed by atoms with Crippen molar-refractivity contribution in [2.75, 3.05) is 0 Å². The lowest BCUT2D eigenvalue weighted by atomic mass is 9.86. The lowest BCUT2D eigenvalue weighted by molar-refractivity contribution is -0.141. The molecule has 1 atom stereocenters. The molecule has 2 N–H and O–H groups in total. The maximum atomic E-state index is 12.7. The number of amides is 1. The van der Waals surface area contributed by atoms with Crippen LogP contribution < -0.4 is 10.9 Å². The highest BCUT2D eigenvalue weighted by Gasteiger charge is 2.23. The molecule has 2 heterocycles. The van der Waals surface area contributed by atoms with Crippen molar-refractivity contribution in [3.8, 4) is 0 Å². The number of rotatable bonds is 7. The van der Waals surface area contributed by atoms with Gasteiger partial charge >= 0.3 is 11.6 Å². The Morgan fingerprint density at radius 3 is 2.42 bits per heavy atom. The number of carbonyl (C=O) groups is 2. The van der Waals surface area contributed by atoms with E-state index >= 15 is 0 Å². The molecule has 0 radical (unpaired) electrons. The molecule has 0 saturated heterocycles. The van der Waals surface area contributed by atoms with Crippen molar-refractivity contribution >= 4 is 45.4 Å². The number of benzene rings is 2. The van der Waals surface area contributed by atoms with Gasteiger partial charge in [-0.3, -0.25) is 4.79 Å². The minimum Gasteiger partial charge on any atom is -0.480 e. The maximum absolute atomic E-state index is 12.7. The summed E-state index contributed by atoms with van der Waals surface area (Å²) in [5.41, 5.74) is 3.31. The van der Waals surface area contributed by atoms with Crippen LogP contribution in [0.5, 0.6) is 0 Å². The van der Waals surface area contributed by atoms with Crippen molar-refractivity contribution in [1.82, 2.24) is 5.32 Å². The Morgan fingerprint density at radius 2 is 1.78 bits per heavy atom. The molecule has 188 valence electrons. The molecule has 4 rings (SSSR count). The quantitative estimate of drug-likeness (QED) is 0.316. The molecule has 1 unspecified atom stereocenters. The van der Waals surface area contributed by atoms with Gasteiger partial charge in [-0.25, -0.2) is 9.59 Å². The van der Waals surface area contributed by atoms with Crippen molar-refractivity contribution in [3.63, 3.8) is 0 Å². The number of nitrogens with one attached hydrogen (secondary N) is 1. The third-order valence-corrected chi connectivity index (χ3v) is 6.63. The summed E-state index contributed by atoms with van der Waals surface area (Å²) >= 11 is 5.88. The van der Waals surface area contributed by atoms with Crippen LogP contribution in [0.2, 0.25) is 5.02 Å². The number of aliphatic carboxylic acids is 1. The number of carboxylic acid groups (broad SMARTS) is 1. The molecule has 36 heavy (non-hydrogen) atoms. The Hall–Kier alpha value is -3.58. The summed E-state index contributed by atoms with van der Waals surface area (Å²) in [7, 11) is 0. The standard InChI is InChI=1S/C28H28ClNO6/c1-15-18(9-10-25(31)30-22(26(32)33)11-16-5-7-17(29)8-6-16)27(34)36-24-13-23-20(12-19(15)24)21(14-35-23)28(2,3)4/h5-8,12-14,22H,9-11H2,1-4H3,(H,30,31)(H,32,33). The van der Waals surface area contributed by atoms with Gasteiger partial charge in [0.2, 0.25) is 5.91 Å². The van der Waals surface area contributed by atoms with Crippen LogP contribution in [-0.2, 0) is 27.8 Å². The smallest absolute Gasteiger partial charge is 0.339 e. The molecule has 2 aromatic heterocycles. The number of fused-ring (bicyclic) bond motifs is 2. The average Bonchev–Trinajstić information content (AvgIpc) is 3.22. The summed E-state index contributed by atoms with van der Waals surface area (Å²) in [6.07, 6.45) is 1.92. The highest BCUT2D eigenvalue weighted by Crippen LogP contribution is 2.35. The van der Waals surface area contributed by atoms with E-state index < -0.39 is 23.5 Å². The largest absolute Gasteiger partial charge is 0.480 e. The molecule has 0 bridgehead atoms. The van der Waals surface area contributed by atoms with Crippen LogP contribution in [-0.4, -0.2) is 23.0 Å².